The van der Waals surface area contributed by atoms with Gasteiger partial charge in [0.05, 0.1) is 12.8 Å². The first kappa shape index (κ1) is 18.0. The second kappa shape index (κ2) is 8.02. The van der Waals surface area contributed by atoms with Crippen LogP contribution in [0.3, 0.4) is 0 Å². The van der Waals surface area contributed by atoms with Crippen LogP contribution in [0.1, 0.15) is 42.7 Å². The summed E-state index contributed by atoms with van der Waals surface area (Å²) < 4.78 is 11.3. The van der Waals surface area contributed by atoms with Crippen LogP contribution in [0.15, 0.2) is 22.6 Å². The van der Waals surface area contributed by atoms with Crippen molar-refractivity contribution < 1.29 is 14.3 Å². The fourth-order valence-corrected chi connectivity index (χ4v) is 3.65. The summed E-state index contributed by atoms with van der Waals surface area (Å²) in [5, 5.41) is 9.31. The van der Waals surface area contributed by atoms with Crippen LogP contribution in [0.4, 0.5) is 0 Å². The molecule has 0 aliphatic carbocycles. The number of likely N-dealkylation sites (tertiary alicyclic amines) is 1. The van der Waals surface area contributed by atoms with Crippen molar-refractivity contribution in [2.24, 2.45) is 0 Å². The van der Waals surface area contributed by atoms with E-state index >= 15 is 0 Å². The summed E-state index contributed by atoms with van der Waals surface area (Å²) >= 11 is 0. The molecule has 2 heterocycles. The van der Waals surface area contributed by atoms with Crippen LogP contribution < -0.4 is 4.74 Å². The maximum absolute atomic E-state index is 9.31. The molecule has 0 unspecified atom stereocenters. The van der Waals surface area contributed by atoms with Gasteiger partial charge < -0.3 is 14.3 Å². The lowest BCUT2D eigenvalue weighted by Crippen LogP contribution is -2.39. The number of methoxy groups -OCH3 is 1. The Bertz CT molecular complexity index is 709. The Morgan fingerprint density at radius 1 is 1.32 bits per heavy atom. The van der Waals surface area contributed by atoms with E-state index in [1.807, 2.05) is 32.0 Å². The molecular formula is C20H28N2O3. The second-order valence-corrected chi connectivity index (χ2v) is 6.84. The van der Waals surface area contributed by atoms with Crippen molar-refractivity contribution in [1.29, 1.82) is 0 Å². The average Bonchev–Trinajstić information content (AvgIpc) is 2.97. The van der Waals surface area contributed by atoms with Crippen LogP contribution in [0.5, 0.6) is 5.75 Å². The van der Waals surface area contributed by atoms with Crippen molar-refractivity contribution in [3.05, 3.63) is 35.2 Å². The Morgan fingerprint density at radius 2 is 2.16 bits per heavy atom. The van der Waals surface area contributed by atoms with E-state index in [-0.39, 0.29) is 6.61 Å². The molecule has 5 heteroatoms. The minimum absolute atomic E-state index is 0.245. The van der Waals surface area contributed by atoms with Gasteiger partial charge in [0.25, 0.3) is 0 Å². The molecule has 1 aromatic carbocycles. The second-order valence-electron chi connectivity index (χ2n) is 6.84. The summed E-state index contributed by atoms with van der Waals surface area (Å²) in [5.41, 5.74) is 3.03. The third kappa shape index (κ3) is 4.05. The number of aromatic nitrogens is 1. The van der Waals surface area contributed by atoms with Crippen LogP contribution in [-0.2, 0) is 6.54 Å². The Labute approximate surface area is 149 Å². The predicted octanol–water partition coefficient (Wildman–Crippen LogP) is 3.70. The zero-order valence-corrected chi connectivity index (χ0v) is 15.4. The van der Waals surface area contributed by atoms with Gasteiger partial charge in [-0.15, -0.1) is 0 Å². The van der Waals surface area contributed by atoms with Gasteiger partial charge in [0.2, 0.25) is 5.89 Å². The topological polar surface area (TPSA) is 58.7 Å². The van der Waals surface area contributed by atoms with Gasteiger partial charge in [0.1, 0.15) is 11.5 Å². The number of hydrogen-bond acceptors (Lipinski definition) is 5. The van der Waals surface area contributed by atoms with Crippen LogP contribution in [0.25, 0.3) is 11.5 Å². The van der Waals surface area contributed by atoms with E-state index in [1.54, 1.807) is 7.11 Å². The lowest BCUT2D eigenvalue weighted by Gasteiger charge is -2.35. The third-order valence-corrected chi connectivity index (χ3v) is 5.10. The molecule has 1 fully saturated rings. The van der Waals surface area contributed by atoms with Gasteiger partial charge in [-0.1, -0.05) is 6.42 Å². The molecule has 0 amide bonds. The smallest absolute Gasteiger partial charge is 0.226 e. The molecule has 2 aromatic rings. The van der Waals surface area contributed by atoms with Gasteiger partial charge in [0.15, 0.2) is 0 Å². The summed E-state index contributed by atoms with van der Waals surface area (Å²) in [6, 6.07) is 6.42. The molecule has 1 N–H and O–H groups in total. The highest BCUT2D eigenvalue weighted by Crippen LogP contribution is 2.28. The molecule has 5 nitrogen and oxygen atoms in total. The van der Waals surface area contributed by atoms with Crippen molar-refractivity contribution >= 4 is 0 Å². The maximum atomic E-state index is 9.31. The number of rotatable bonds is 6. The van der Waals surface area contributed by atoms with Gasteiger partial charge in [-0.25, -0.2) is 4.98 Å². The molecule has 0 radical (unpaired) electrons. The van der Waals surface area contributed by atoms with Gasteiger partial charge in [-0.05, 0) is 63.4 Å². The number of hydrogen-bond donors (Lipinski definition) is 1. The largest absolute Gasteiger partial charge is 0.496 e. The monoisotopic (exact) mass is 344 g/mol. The van der Waals surface area contributed by atoms with E-state index in [1.165, 1.54) is 12.8 Å². The fourth-order valence-electron chi connectivity index (χ4n) is 3.65. The van der Waals surface area contributed by atoms with Crippen molar-refractivity contribution in [2.45, 2.75) is 52.1 Å². The van der Waals surface area contributed by atoms with Crippen molar-refractivity contribution in [1.82, 2.24) is 9.88 Å². The molecule has 0 spiro atoms. The Balaban J connectivity index is 1.79. The normalized spacial score (nSPS) is 18.5. The van der Waals surface area contributed by atoms with Gasteiger partial charge in [-0.2, -0.15) is 0 Å². The highest BCUT2D eigenvalue weighted by atomic mass is 16.5. The average molecular weight is 344 g/mol. The number of aliphatic hydroxyl groups is 1. The number of aryl methyl sites for hydroxylation is 2. The van der Waals surface area contributed by atoms with Crippen LogP contribution in [0, 0.1) is 13.8 Å². The minimum Gasteiger partial charge on any atom is -0.496 e. The van der Waals surface area contributed by atoms with Crippen molar-refractivity contribution in [2.75, 3.05) is 20.3 Å². The number of ether oxygens (including phenoxy) is 1. The lowest BCUT2D eigenvalue weighted by molar-refractivity contribution is 0.111. The van der Waals surface area contributed by atoms with Crippen molar-refractivity contribution in [3.63, 3.8) is 0 Å². The highest BCUT2D eigenvalue weighted by Gasteiger charge is 2.24. The summed E-state index contributed by atoms with van der Waals surface area (Å²) in [7, 11) is 1.68. The molecule has 3 rings (SSSR count). The van der Waals surface area contributed by atoms with E-state index in [9.17, 15) is 5.11 Å². The Kier molecular flexibility index (Phi) is 5.76. The van der Waals surface area contributed by atoms with Gasteiger partial charge >= 0.3 is 0 Å². The molecule has 0 saturated carbocycles. The molecule has 1 aliphatic rings. The molecule has 1 aliphatic heterocycles. The molecule has 1 aromatic heterocycles. The highest BCUT2D eigenvalue weighted by molar-refractivity contribution is 5.57. The predicted molar refractivity (Wildman–Crippen MR) is 97.7 cm³/mol. The third-order valence-electron chi connectivity index (χ3n) is 5.10. The van der Waals surface area contributed by atoms with E-state index in [0.717, 1.165) is 54.3 Å². The lowest BCUT2D eigenvalue weighted by atomic mass is 9.99. The summed E-state index contributed by atoms with van der Waals surface area (Å²) in [5.74, 6) is 2.40. The number of aliphatic hydroxyl groups excluding tert-OH is 1. The molecule has 136 valence electrons. The summed E-state index contributed by atoms with van der Waals surface area (Å²) in [6.07, 6.45) is 4.45. The van der Waals surface area contributed by atoms with Crippen LogP contribution >= 0.6 is 0 Å². The van der Waals surface area contributed by atoms with Crippen LogP contribution in [0.2, 0.25) is 0 Å². The van der Waals surface area contributed by atoms with E-state index in [2.05, 4.69) is 4.90 Å². The summed E-state index contributed by atoms with van der Waals surface area (Å²) in [4.78, 5) is 7.19. The number of benzene rings is 1. The van der Waals surface area contributed by atoms with Gasteiger partial charge in [0, 0.05) is 24.8 Å². The summed E-state index contributed by atoms with van der Waals surface area (Å²) in [6.45, 7) is 6.10. The number of nitrogens with zero attached hydrogens (tertiary/aromatic N) is 2. The van der Waals surface area contributed by atoms with Crippen molar-refractivity contribution in [3.8, 4) is 17.2 Å². The first-order valence-electron chi connectivity index (χ1n) is 9.08. The fraction of sp³-hybridized carbons (Fsp3) is 0.550. The molecule has 1 atom stereocenters. The first-order chi connectivity index (χ1) is 12.1. The Hall–Kier alpha value is -1.85. The van der Waals surface area contributed by atoms with E-state index in [0.29, 0.717) is 11.9 Å². The molecular weight excluding hydrogens is 316 g/mol. The minimum atomic E-state index is 0.245. The molecule has 25 heavy (non-hydrogen) atoms. The quantitative estimate of drug-likeness (QED) is 0.866. The number of piperidine rings is 1. The molecule has 0 bridgehead atoms. The van der Waals surface area contributed by atoms with Crippen LogP contribution in [-0.4, -0.2) is 41.3 Å². The first-order valence-corrected chi connectivity index (χ1v) is 9.08. The zero-order valence-electron chi connectivity index (χ0n) is 15.4. The SMILES string of the molecule is COc1ccc(-c2nc(CN3CCCC[C@@H]3CCO)c(C)o2)cc1C. The standard InChI is InChI=1S/C20H28N2O3/c1-14-12-16(7-8-19(14)24-3)20-21-18(15(2)25-20)13-22-10-5-4-6-17(22)9-11-23/h7-8,12,17,23H,4-6,9-11,13H2,1-3H3/t17-/m1/s1. The molecule has 1 saturated heterocycles. The number of oxazole rings is 1. The van der Waals surface area contributed by atoms with E-state index < -0.39 is 0 Å². The van der Waals surface area contributed by atoms with E-state index in [4.69, 9.17) is 14.1 Å². The maximum Gasteiger partial charge on any atom is 0.226 e. The Morgan fingerprint density at radius 3 is 2.88 bits per heavy atom. The zero-order chi connectivity index (χ0) is 17.8. The van der Waals surface area contributed by atoms with Gasteiger partial charge in [-0.3, -0.25) is 4.90 Å².